The van der Waals surface area contributed by atoms with Gasteiger partial charge in [-0.05, 0) is 18.8 Å². The SMILES string of the molecule is [CH2]CC(C)C(C)C(C)Cl. The molecule has 0 saturated carbocycles. The summed E-state index contributed by atoms with van der Waals surface area (Å²) in [5, 5.41) is 0.279. The molecule has 0 aliphatic heterocycles. The minimum absolute atomic E-state index is 0.279. The molecule has 3 atom stereocenters. The first kappa shape index (κ1) is 9.29. The van der Waals surface area contributed by atoms with Crippen LogP contribution in [-0.4, -0.2) is 5.38 Å². The monoisotopic (exact) mass is 147 g/mol. The van der Waals surface area contributed by atoms with Gasteiger partial charge in [0, 0.05) is 5.38 Å². The highest BCUT2D eigenvalue weighted by atomic mass is 35.5. The van der Waals surface area contributed by atoms with Crippen LogP contribution >= 0.6 is 11.6 Å². The van der Waals surface area contributed by atoms with Gasteiger partial charge < -0.3 is 0 Å². The maximum absolute atomic E-state index is 5.87. The normalized spacial score (nSPS) is 21.0. The van der Waals surface area contributed by atoms with Gasteiger partial charge in [-0.25, -0.2) is 0 Å². The molecule has 0 aliphatic carbocycles. The van der Waals surface area contributed by atoms with Gasteiger partial charge in [0.05, 0.1) is 0 Å². The molecule has 1 radical (unpaired) electrons. The first-order chi connectivity index (χ1) is 4.09. The van der Waals surface area contributed by atoms with E-state index < -0.39 is 0 Å². The van der Waals surface area contributed by atoms with Crippen molar-refractivity contribution < 1.29 is 0 Å². The first-order valence-electron chi connectivity index (χ1n) is 3.53. The van der Waals surface area contributed by atoms with Gasteiger partial charge in [-0.15, -0.1) is 11.6 Å². The maximum atomic E-state index is 5.87. The smallest absolute Gasteiger partial charge is 0.0335 e. The van der Waals surface area contributed by atoms with Crippen LogP contribution in [0.15, 0.2) is 0 Å². The van der Waals surface area contributed by atoms with Gasteiger partial charge in [0.25, 0.3) is 0 Å². The molecule has 9 heavy (non-hydrogen) atoms. The summed E-state index contributed by atoms with van der Waals surface area (Å²) in [6.45, 7) is 10.2. The number of halogens is 1. The Bertz CT molecular complexity index is 69.0. The third-order valence-corrected chi connectivity index (χ3v) is 2.47. The lowest BCUT2D eigenvalue weighted by atomic mass is 9.91. The molecule has 0 aromatic carbocycles. The van der Waals surface area contributed by atoms with Crippen molar-refractivity contribution in [1.82, 2.24) is 0 Å². The Balaban J connectivity index is 3.58. The van der Waals surface area contributed by atoms with Gasteiger partial charge in [0.2, 0.25) is 0 Å². The summed E-state index contributed by atoms with van der Waals surface area (Å²) in [5.74, 6) is 1.24. The van der Waals surface area contributed by atoms with E-state index in [1.165, 1.54) is 0 Å². The van der Waals surface area contributed by atoms with Crippen molar-refractivity contribution in [3.8, 4) is 0 Å². The van der Waals surface area contributed by atoms with E-state index in [0.29, 0.717) is 11.8 Å². The van der Waals surface area contributed by atoms with Gasteiger partial charge in [0.1, 0.15) is 0 Å². The van der Waals surface area contributed by atoms with E-state index in [0.717, 1.165) is 6.42 Å². The van der Waals surface area contributed by atoms with E-state index in [2.05, 4.69) is 20.8 Å². The van der Waals surface area contributed by atoms with Crippen LogP contribution in [0.2, 0.25) is 0 Å². The molecule has 55 valence electrons. The molecule has 0 heterocycles. The summed E-state index contributed by atoms with van der Waals surface area (Å²) in [4.78, 5) is 0. The second-order valence-electron chi connectivity index (χ2n) is 2.80. The molecule has 0 bridgehead atoms. The van der Waals surface area contributed by atoms with Crippen LogP contribution in [-0.2, 0) is 0 Å². The lowest BCUT2D eigenvalue weighted by Crippen LogP contribution is -2.15. The van der Waals surface area contributed by atoms with Crippen LogP contribution < -0.4 is 0 Å². The molecule has 0 N–H and O–H groups in total. The Morgan fingerprint density at radius 3 is 1.89 bits per heavy atom. The minimum Gasteiger partial charge on any atom is -0.123 e. The lowest BCUT2D eigenvalue weighted by Gasteiger charge is -2.19. The average Bonchev–Trinajstić information content (AvgIpc) is 1.84. The molecule has 0 aliphatic rings. The molecule has 0 saturated heterocycles. The first-order valence-corrected chi connectivity index (χ1v) is 3.96. The van der Waals surface area contributed by atoms with Gasteiger partial charge in [-0.1, -0.05) is 27.2 Å². The molecular formula is C8H16Cl. The molecule has 0 nitrogen and oxygen atoms in total. The maximum Gasteiger partial charge on any atom is 0.0335 e. The predicted molar refractivity (Wildman–Crippen MR) is 43.6 cm³/mol. The number of hydrogen-bond donors (Lipinski definition) is 0. The quantitative estimate of drug-likeness (QED) is 0.539. The summed E-state index contributed by atoms with van der Waals surface area (Å²) < 4.78 is 0. The fourth-order valence-electron chi connectivity index (χ4n) is 0.716. The molecule has 1 heteroatoms. The van der Waals surface area contributed by atoms with E-state index in [1.54, 1.807) is 0 Å². The summed E-state index contributed by atoms with van der Waals surface area (Å²) in [7, 11) is 0. The van der Waals surface area contributed by atoms with Crippen molar-refractivity contribution in [2.75, 3.05) is 0 Å². The highest BCUT2D eigenvalue weighted by Crippen LogP contribution is 2.21. The van der Waals surface area contributed by atoms with Crippen molar-refractivity contribution in [2.45, 2.75) is 32.6 Å². The summed E-state index contributed by atoms with van der Waals surface area (Å²) >= 11 is 5.87. The van der Waals surface area contributed by atoms with Crippen molar-refractivity contribution in [3.05, 3.63) is 6.92 Å². The fraction of sp³-hybridized carbons (Fsp3) is 0.875. The zero-order valence-electron chi connectivity index (χ0n) is 6.52. The number of hydrogen-bond acceptors (Lipinski definition) is 0. The molecular weight excluding hydrogens is 132 g/mol. The molecule has 3 unspecified atom stereocenters. The van der Waals surface area contributed by atoms with E-state index >= 15 is 0 Å². The Morgan fingerprint density at radius 1 is 1.33 bits per heavy atom. The summed E-state index contributed by atoms with van der Waals surface area (Å²) in [6.07, 6.45) is 0.984. The lowest BCUT2D eigenvalue weighted by molar-refractivity contribution is 0.384. The second kappa shape index (κ2) is 4.16. The Labute approximate surface area is 63.6 Å². The minimum atomic E-state index is 0.279. The van der Waals surface area contributed by atoms with E-state index in [1.807, 2.05) is 6.92 Å². The predicted octanol–water partition coefficient (Wildman–Crippen LogP) is 3.11. The van der Waals surface area contributed by atoms with Crippen LogP contribution in [0.4, 0.5) is 0 Å². The molecule has 0 rings (SSSR count). The average molecular weight is 148 g/mol. The molecule has 0 fully saturated rings. The molecule has 0 aromatic rings. The van der Waals surface area contributed by atoms with Crippen molar-refractivity contribution in [1.29, 1.82) is 0 Å². The van der Waals surface area contributed by atoms with Crippen LogP contribution in [0.25, 0.3) is 0 Å². The Hall–Kier alpha value is 0.290. The molecule has 0 spiro atoms. The van der Waals surface area contributed by atoms with Crippen molar-refractivity contribution >= 4 is 11.6 Å². The molecule has 0 amide bonds. The summed E-state index contributed by atoms with van der Waals surface area (Å²) in [6, 6.07) is 0. The van der Waals surface area contributed by atoms with Gasteiger partial charge in [0.15, 0.2) is 0 Å². The van der Waals surface area contributed by atoms with E-state index in [9.17, 15) is 0 Å². The van der Waals surface area contributed by atoms with Crippen molar-refractivity contribution in [2.24, 2.45) is 11.8 Å². The van der Waals surface area contributed by atoms with Crippen LogP contribution in [0.3, 0.4) is 0 Å². The third kappa shape index (κ3) is 3.10. The largest absolute Gasteiger partial charge is 0.123 e. The topological polar surface area (TPSA) is 0 Å². The van der Waals surface area contributed by atoms with Gasteiger partial charge in [-0.3, -0.25) is 0 Å². The molecule has 0 aromatic heterocycles. The highest BCUT2D eigenvalue weighted by Gasteiger charge is 2.14. The Morgan fingerprint density at radius 2 is 1.78 bits per heavy atom. The van der Waals surface area contributed by atoms with Crippen LogP contribution in [0, 0.1) is 18.8 Å². The van der Waals surface area contributed by atoms with Gasteiger partial charge in [-0.2, -0.15) is 0 Å². The van der Waals surface area contributed by atoms with Crippen LogP contribution in [0.1, 0.15) is 27.2 Å². The van der Waals surface area contributed by atoms with Crippen molar-refractivity contribution in [3.63, 3.8) is 0 Å². The second-order valence-corrected chi connectivity index (χ2v) is 3.49. The summed E-state index contributed by atoms with van der Waals surface area (Å²) in [5.41, 5.74) is 0. The highest BCUT2D eigenvalue weighted by molar-refractivity contribution is 6.20. The van der Waals surface area contributed by atoms with E-state index in [-0.39, 0.29) is 5.38 Å². The standard InChI is InChI=1S/C8H16Cl/c1-5-6(2)7(3)8(4)9/h6-8H,1,5H2,2-4H3. The van der Waals surface area contributed by atoms with E-state index in [4.69, 9.17) is 11.6 Å². The third-order valence-electron chi connectivity index (χ3n) is 2.08. The fourth-order valence-corrected chi connectivity index (χ4v) is 0.964. The zero-order valence-corrected chi connectivity index (χ0v) is 7.28. The van der Waals surface area contributed by atoms with Crippen LogP contribution in [0.5, 0.6) is 0 Å². The number of alkyl halides is 1. The zero-order chi connectivity index (χ0) is 7.44. The van der Waals surface area contributed by atoms with Gasteiger partial charge >= 0.3 is 0 Å². The number of rotatable bonds is 3. The Kier molecular flexibility index (Phi) is 4.29.